The fraction of sp³-hybridized carbons (Fsp3) is 0.600. The molecule has 0 radical (unpaired) electrons. The summed E-state index contributed by atoms with van der Waals surface area (Å²) in [7, 11) is 0. The lowest BCUT2D eigenvalue weighted by Gasteiger charge is -2.17. The van der Waals surface area contributed by atoms with Crippen molar-refractivity contribution in [1.29, 1.82) is 0 Å². The molecule has 0 fully saturated rings. The third-order valence-electron chi connectivity index (χ3n) is 3.05. The van der Waals surface area contributed by atoms with Crippen LogP contribution in [0.2, 0.25) is 0 Å². The second kappa shape index (κ2) is 8.24. The molecule has 0 aliphatic rings. The van der Waals surface area contributed by atoms with E-state index in [1.165, 1.54) is 44.2 Å². The van der Waals surface area contributed by atoms with Gasteiger partial charge in [0.15, 0.2) is 0 Å². The molecule has 0 saturated heterocycles. The molecule has 1 N–H and O–H groups in total. The highest BCUT2D eigenvalue weighted by molar-refractivity contribution is 5.15. The van der Waals surface area contributed by atoms with Gasteiger partial charge in [-0.2, -0.15) is 0 Å². The van der Waals surface area contributed by atoms with Crippen LogP contribution in [-0.2, 0) is 6.54 Å². The number of unbranched alkanes of at least 4 members (excludes halogenated alkanes) is 1. The van der Waals surface area contributed by atoms with Crippen molar-refractivity contribution in [3.63, 3.8) is 0 Å². The van der Waals surface area contributed by atoms with Gasteiger partial charge in [0, 0.05) is 12.6 Å². The molecule has 0 bridgehead atoms. The zero-order valence-electron chi connectivity index (χ0n) is 11.0. The van der Waals surface area contributed by atoms with Crippen LogP contribution in [0.15, 0.2) is 24.3 Å². The average molecular weight is 237 g/mol. The van der Waals surface area contributed by atoms with Crippen molar-refractivity contribution in [2.24, 2.45) is 0 Å². The van der Waals surface area contributed by atoms with Gasteiger partial charge in [-0.3, -0.25) is 0 Å². The van der Waals surface area contributed by atoms with Crippen LogP contribution in [0, 0.1) is 5.82 Å². The molecule has 2 heteroatoms. The van der Waals surface area contributed by atoms with E-state index in [0.29, 0.717) is 6.04 Å². The fourth-order valence-corrected chi connectivity index (χ4v) is 2.01. The smallest absolute Gasteiger partial charge is 0.123 e. The lowest BCUT2D eigenvalue weighted by Crippen LogP contribution is -2.28. The van der Waals surface area contributed by atoms with E-state index in [1.54, 1.807) is 0 Å². The van der Waals surface area contributed by atoms with Crippen LogP contribution in [0.1, 0.15) is 51.5 Å². The highest BCUT2D eigenvalue weighted by atomic mass is 19.1. The molecule has 1 aromatic carbocycles. The van der Waals surface area contributed by atoms with Crippen LogP contribution in [-0.4, -0.2) is 6.04 Å². The lowest BCUT2D eigenvalue weighted by atomic mass is 10.0. The van der Waals surface area contributed by atoms with Crippen LogP contribution in [0.4, 0.5) is 4.39 Å². The van der Waals surface area contributed by atoms with Crippen molar-refractivity contribution in [3.8, 4) is 0 Å². The Kier molecular flexibility index (Phi) is 6.87. The summed E-state index contributed by atoms with van der Waals surface area (Å²) in [5.41, 5.74) is 1.16. The first-order chi connectivity index (χ1) is 8.26. The molecule has 96 valence electrons. The number of halogens is 1. The van der Waals surface area contributed by atoms with E-state index in [-0.39, 0.29) is 5.82 Å². The summed E-state index contributed by atoms with van der Waals surface area (Å²) in [4.78, 5) is 0. The first kappa shape index (κ1) is 14.2. The molecule has 1 rings (SSSR count). The Morgan fingerprint density at radius 3 is 2.35 bits per heavy atom. The molecular weight excluding hydrogens is 213 g/mol. The predicted molar refractivity (Wildman–Crippen MR) is 71.5 cm³/mol. The normalized spacial score (nSPS) is 12.6. The average Bonchev–Trinajstić information content (AvgIpc) is 2.35. The number of hydrogen-bond acceptors (Lipinski definition) is 1. The molecule has 1 unspecified atom stereocenters. The minimum Gasteiger partial charge on any atom is -0.310 e. The van der Waals surface area contributed by atoms with E-state index >= 15 is 0 Å². The van der Waals surface area contributed by atoms with Crippen LogP contribution >= 0.6 is 0 Å². The van der Waals surface area contributed by atoms with Gasteiger partial charge in [0.25, 0.3) is 0 Å². The van der Waals surface area contributed by atoms with E-state index in [1.807, 2.05) is 12.1 Å². The maximum absolute atomic E-state index is 12.8. The molecule has 0 heterocycles. The summed E-state index contributed by atoms with van der Waals surface area (Å²) in [5, 5.41) is 3.57. The SMILES string of the molecule is CCCCC(CCC)NCc1ccc(F)cc1. The number of hydrogen-bond donors (Lipinski definition) is 1. The Balaban J connectivity index is 2.37. The summed E-state index contributed by atoms with van der Waals surface area (Å²) >= 11 is 0. The zero-order chi connectivity index (χ0) is 12.5. The number of nitrogens with one attached hydrogen (secondary N) is 1. The van der Waals surface area contributed by atoms with Gasteiger partial charge in [-0.15, -0.1) is 0 Å². The van der Waals surface area contributed by atoms with Crippen LogP contribution < -0.4 is 5.32 Å². The zero-order valence-corrected chi connectivity index (χ0v) is 11.0. The van der Waals surface area contributed by atoms with Gasteiger partial charge in [-0.25, -0.2) is 4.39 Å². The Morgan fingerprint density at radius 2 is 1.76 bits per heavy atom. The van der Waals surface area contributed by atoms with Gasteiger partial charge >= 0.3 is 0 Å². The summed E-state index contributed by atoms with van der Waals surface area (Å²) in [6.45, 7) is 5.29. The Hall–Kier alpha value is -0.890. The second-order valence-electron chi connectivity index (χ2n) is 4.64. The summed E-state index contributed by atoms with van der Waals surface area (Å²) in [5.74, 6) is -0.162. The Bertz CT molecular complexity index is 294. The molecule has 0 aromatic heterocycles. The molecule has 0 aliphatic carbocycles. The minimum absolute atomic E-state index is 0.162. The first-order valence-corrected chi connectivity index (χ1v) is 6.74. The van der Waals surface area contributed by atoms with Crippen LogP contribution in [0.3, 0.4) is 0 Å². The monoisotopic (exact) mass is 237 g/mol. The van der Waals surface area contributed by atoms with Gasteiger partial charge in [0.05, 0.1) is 0 Å². The van der Waals surface area contributed by atoms with Crippen LogP contribution in [0.25, 0.3) is 0 Å². The van der Waals surface area contributed by atoms with Crippen molar-refractivity contribution in [2.45, 2.75) is 58.5 Å². The highest BCUT2D eigenvalue weighted by Crippen LogP contribution is 2.09. The third kappa shape index (κ3) is 5.83. The summed E-state index contributed by atoms with van der Waals surface area (Å²) in [6.07, 6.45) is 6.21. The molecule has 1 aromatic rings. The van der Waals surface area contributed by atoms with Gasteiger partial charge in [-0.05, 0) is 30.5 Å². The molecule has 0 amide bonds. The predicted octanol–water partition coefficient (Wildman–Crippen LogP) is 4.27. The Labute approximate surface area is 104 Å². The lowest BCUT2D eigenvalue weighted by molar-refractivity contribution is 0.434. The van der Waals surface area contributed by atoms with E-state index in [4.69, 9.17) is 0 Å². The standard InChI is InChI=1S/C15H24FN/c1-3-5-7-15(6-4-2)17-12-13-8-10-14(16)11-9-13/h8-11,15,17H,3-7,12H2,1-2H3. The molecule has 0 saturated carbocycles. The topological polar surface area (TPSA) is 12.0 Å². The van der Waals surface area contributed by atoms with Crippen molar-refractivity contribution >= 4 is 0 Å². The molecule has 1 nitrogen and oxygen atoms in total. The quantitative estimate of drug-likeness (QED) is 0.711. The highest BCUT2D eigenvalue weighted by Gasteiger charge is 2.06. The first-order valence-electron chi connectivity index (χ1n) is 6.74. The second-order valence-corrected chi connectivity index (χ2v) is 4.64. The molecule has 17 heavy (non-hydrogen) atoms. The van der Waals surface area contributed by atoms with Crippen LogP contribution in [0.5, 0.6) is 0 Å². The van der Waals surface area contributed by atoms with Crippen molar-refractivity contribution < 1.29 is 4.39 Å². The van der Waals surface area contributed by atoms with Gasteiger partial charge < -0.3 is 5.32 Å². The Morgan fingerprint density at radius 1 is 1.06 bits per heavy atom. The molecule has 0 spiro atoms. The van der Waals surface area contributed by atoms with Gasteiger partial charge in [0.2, 0.25) is 0 Å². The molecule has 1 atom stereocenters. The largest absolute Gasteiger partial charge is 0.310 e. The fourth-order valence-electron chi connectivity index (χ4n) is 2.01. The number of rotatable bonds is 8. The maximum atomic E-state index is 12.8. The van der Waals surface area contributed by atoms with Gasteiger partial charge in [-0.1, -0.05) is 45.2 Å². The van der Waals surface area contributed by atoms with E-state index < -0.39 is 0 Å². The van der Waals surface area contributed by atoms with Crippen molar-refractivity contribution in [2.75, 3.05) is 0 Å². The number of benzene rings is 1. The van der Waals surface area contributed by atoms with E-state index in [0.717, 1.165) is 12.1 Å². The minimum atomic E-state index is -0.162. The van der Waals surface area contributed by atoms with Crippen molar-refractivity contribution in [1.82, 2.24) is 5.32 Å². The summed E-state index contributed by atoms with van der Waals surface area (Å²) < 4.78 is 12.8. The maximum Gasteiger partial charge on any atom is 0.123 e. The third-order valence-corrected chi connectivity index (χ3v) is 3.05. The van der Waals surface area contributed by atoms with Gasteiger partial charge in [0.1, 0.15) is 5.82 Å². The van der Waals surface area contributed by atoms with Crippen molar-refractivity contribution in [3.05, 3.63) is 35.6 Å². The molecule has 0 aliphatic heterocycles. The van der Waals surface area contributed by atoms with E-state index in [9.17, 15) is 4.39 Å². The molecular formula is C15H24FN. The van der Waals surface area contributed by atoms with E-state index in [2.05, 4.69) is 19.2 Å². The summed E-state index contributed by atoms with van der Waals surface area (Å²) in [6, 6.07) is 7.36.